The molecule has 0 saturated carbocycles. The summed E-state index contributed by atoms with van der Waals surface area (Å²) in [6.07, 6.45) is 3.73. The minimum atomic E-state index is -3.58. The van der Waals surface area contributed by atoms with E-state index in [0.29, 0.717) is 15.7 Å². The van der Waals surface area contributed by atoms with Gasteiger partial charge in [-0.15, -0.1) is 21.5 Å². The molecule has 3 aromatic rings. The molecule has 0 bridgehead atoms. The molecule has 0 radical (unpaired) electrons. The number of nitrogens with two attached hydrogens (primary N) is 1. The minimum absolute atomic E-state index is 0.212. The van der Waals surface area contributed by atoms with Crippen molar-refractivity contribution in [2.75, 3.05) is 5.32 Å². The zero-order valence-electron chi connectivity index (χ0n) is 18.8. The van der Waals surface area contributed by atoms with Gasteiger partial charge in [0, 0.05) is 11.9 Å². The molecule has 9 nitrogen and oxygen atoms in total. The summed E-state index contributed by atoms with van der Waals surface area (Å²) in [4.78, 5) is 26.3. The van der Waals surface area contributed by atoms with Crippen molar-refractivity contribution in [1.82, 2.24) is 14.8 Å². The molecule has 0 fully saturated rings. The molecule has 0 spiro atoms. The van der Waals surface area contributed by atoms with E-state index in [1.807, 2.05) is 0 Å². The second-order valence-electron chi connectivity index (χ2n) is 8.06. The van der Waals surface area contributed by atoms with Crippen LogP contribution in [0.25, 0.3) is 0 Å². The number of nitrogens with zero attached hydrogens (tertiary/aromatic N) is 3. The van der Waals surface area contributed by atoms with Gasteiger partial charge in [0.2, 0.25) is 5.91 Å². The fraction of sp³-hybridized carbons (Fsp3) is 0.364. The normalized spacial score (nSPS) is 14.4. The molecule has 4 rings (SSSR count). The summed E-state index contributed by atoms with van der Waals surface area (Å²) in [5, 5.41) is 11.3. The van der Waals surface area contributed by atoms with E-state index in [4.69, 9.17) is 5.73 Å². The van der Waals surface area contributed by atoms with Gasteiger partial charge in [0.15, 0.2) is 15.0 Å². The van der Waals surface area contributed by atoms with Gasteiger partial charge in [-0.3, -0.25) is 9.59 Å². The number of thioether (sulfide) groups is 1. The van der Waals surface area contributed by atoms with E-state index < -0.39 is 21.0 Å². The van der Waals surface area contributed by atoms with Crippen LogP contribution in [0.2, 0.25) is 0 Å². The summed E-state index contributed by atoms with van der Waals surface area (Å²) in [7, 11) is -1.91. The molecule has 2 amide bonds. The predicted molar refractivity (Wildman–Crippen MR) is 132 cm³/mol. The van der Waals surface area contributed by atoms with Gasteiger partial charge in [0.05, 0.1) is 15.7 Å². The third kappa shape index (κ3) is 5.03. The average molecular weight is 520 g/mol. The van der Waals surface area contributed by atoms with Gasteiger partial charge in [-0.1, -0.05) is 30.0 Å². The van der Waals surface area contributed by atoms with Crippen LogP contribution in [-0.4, -0.2) is 40.2 Å². The number of thiophene rings is 1. The first-order chi connectivity index (χ1) is 16.2. The summed E-state index contributed by atoms with van der Waals surface area (Å²) < 4.78 is 26.9. The second kappa shape index (κ2) is 9.88. The van der Waals surface area contributed by atoms with Crippen molar-refractivity contribution in [3.8, 4) is 0 Å². The van der Waals surface area contributed by atoms with E-state index in [-0.39, 0.29) is 22.4 Å². The van der Waals surface area contributed by atoms with Gasteiger partial charge >= 0.3 is 0 Å². The quantitative estimate of drug-likeness (QED) is 0.437. The fourth-order valence-electron chi connectivity index (χ4n) is 3.79. The number of aryl methyl sites for hydroxylation is 1. The van der Waals surface area contributed by atoms with E-state index in [1.54, 1.807) is 36.7 Å². The highest BCUT2D eigenvalue weighted by atomic mass is 32.2. The number of carbonyl (C=O) groups excluding carboxylic acids is 2. The van der Waals surface area contributed by atoms with E-state index in [1.165, 1.54) is 23.5 Å². The maximum atomic E-state index is 12.9. The number of sulfone groups is 1. The number of benzene rings is 1. The maximum Gasteiger partial charge on any atom is 0.251 e. The van der Waals surface area contributed by atoms with E-state index in [9.17, 15) is 18.0 Å². The number of amides is 2. The molecule has 1 aliphatic carbocycles. The molecule has 3 N–H and O–H groups in total. The van der Waals surface area contributed by atoms with E-state index in [2.05, 4.69) is 15.5 Å². The SMILES string of the molecule is CC(Sc1nnc(CS(=O)(=O)c2ccccc2)n1C)C(=O)Nc1sc2c(c1C(N)=O)CCCC2. The topological polar surface area (TPSA) is 137 Å². The zero-order valence-corrected chi connectivity index (χ0v) is 21.2. The number of carbonyl (C=O) groups is 2. The maximum absolute atomic E-state index is 12.9. The largest absolute Gasteiger partial charge is 0.365 e. The average Bonchev–Trinajstić information content (AvgIpc) is 3.34. The lowest BCUT2D eigenvalue weighted by Gasteiger charge is -2.12. The second-order valence-corrected chi connectivity index (χ2v) is 12.5. The zero-order chi connectivity index (χ0) is 24.5. The Bertz CT molecular complexity index is 1330. The van der Waals surface area contributed by atoms with Crippen molar-refractivity contribution in [2.24, 2.45) is 12.8 Å². The van der Waals surface area contributed by atoms with Crippen molar-refractivity contribution in [1.29, 1.82) is 0 Å². The van der Waals surface area contributed by atoms with Crippen LogP contribution in [0.1, 0.15) is 46.4 Å². The molecule has 0 aliphatic heterocycles. The van der Waals surface area contributed by atoms with Crippen LogP contribution in [-0.2, 0) is 40.3 Å². The van der Waals surface area contributed by atoms with Crippen LogP contribution >= 0.6 is 23.1 Å². The molecule has 12 heteroatoms. The summed E-state index contributed by atoms with van der Waals surface area (Å²) >= 11 is 2.57. The predicted octanol–water partition coefficient (Wildman–Crippen LogP) is 2.95. The molecular formula is C22H25N5O4S3. The number of aromatic nitrogens is 3. The van der Waals surface area contributed by atoms with Gasteiger partial charge in [-0.25, -0.2) is 8.42 Å². The van der Waals surface area contributed by atoms with Crippen LogP contribution in [0.4, 0.5) is 5.00 Å². The van der Waals surface area contributed by atoms with Crippen LogP contribution < -0.4 is 11.1 Å². The summed E-state index contributed by atoms with van der Waals surface area (Å²) in [6.45, 7) is 1.71. The van der Waals surface area contributed by atoms with Gasteiger partial charge in [0.25, 0.3) is 5.91 Å². The number of nitrogens with one attached hydrogen (secondary N) is 1. The van der Waals surface area contributed by atoms with Gasteiger partial charge in [-0.05, 0) is 50.3 Å². The monoisotopic (exact) mass is 519 g/mol. The number of fused-ring (bicyclic) bond motifs is 1. The first kappa shape index (κ1) is 24.4. The summed E-state index contributed by atoms with van der Waals surface area (Å²) in [6, 6.07) is 8.16. The molecule has 2 heterocycles. The number of rotatable bonds is 8. The highest BCUT2D eigenvalue weighted by Gasteiger charge is 2.27. The lowest BCUT2D eigenvalue weighted by molar-refractivity contribution is -0.115. The molecule has 180 valence electrons. The van der Waals surface area contributed by atoms with Crippen molar-refractivity contribution in [3.05, 3.63) is 52.2 Å². The molecule has 0 saturated heterocycles. The first-order valence-corrected chi connectivity index (χ1v) is 14.1. The van der Waals surface area contributed by atoms with Crippen LogP contribution in [0, 0.1) is 0 Å². The molecular weight excluding hydrogens is 494 g/mol. The van der Waals surface area contributed by atoms with E-state index in [0.717, 1.165) is 47.9 Å². The fourth-order valence-corrected chi connectivity index (χ4v) is 7.26. The Morgan fingerprint density at radius 2 is 1.91 bits per heavy atom. The standard InChI is InChI=1S/C22H25N5O4S3/c1-13(20(29)24-21-18(19(23)28)15-10-6-7-11-16(15)33-21)32-22-26-25-17(27(22)2)12-34(30,31)14-8-4-3-5-9-14/h3-5,8-9,13H,6-7,10-12H2,1-2H3,(H2,23,28)(H,24,29). The highest BCUT2D eigenvalue weighted by Crippen LogP contribution is 2.38. The van der Waals surface area contributed by atoms with Gasteiger partial charge in [-0.2, -0.15) is 0 Å². The van der Waals surface area contributed by atoms with Gasteiger partial charge < -0.3 is 15.6 Å². The minimum Gasteiger partial charge on any atom is -0.365 e. The number of hydrogen-bond donors (Lipinski definition) is 2. The number of primary amides is 1. The Morgan fingerprint density at radius 3 is 2.62 bits per heavy atom. The third-order valence-corrected chi connectivity index (χ3v) is 9.62. The van der Waals surface area contributed by atoms with Gasteiger partial charge in [0.1, 0.15) is 16.6 Å². The Kier molecular flexibility index (Phi) is 7.10. The Hall–Kier alpha value is -2.70. The van der Waals surface area contributed by atoms with Crippen molar-refractivity contribution >= 4 is 49.8 Å². The van der Waals surface area contributed by atoms with Crippen molar-refractivity contribution < 1.29 is 18.0 Å². The molecule has 34 heavy (non-hydrogen) atoms. The smallest absolute Gasteiger partial charge is 0.251 e. The number of anilines is 1. The third-order valence-electron chi connectivity index (χ3n) is 5.65. The highest BCUT2D eigenvalue weighted by molar-refractivity contribution is 8.00. The summed E-state index contributed by atoms with van der Waals surface area (Å²) in [5.41, 5.74) is 6.98. The van der Waals surface area contributed by atoms with E-state index >= 15 is 0 Å². The van der Waals surface area contributed by atoms with Crippen LogP contribution in [0.5, 0.6) is 0 Å². The Morgan fingerprint density at radius 1 is 1.21 bits per heavy atom. The molecule has 1 atom stereocenters. The van der Waals surface area contributed by atoms with Crippen LogP contribution in [0.3, 0.4) is 0 Å². The van der Waals surface area contributed by atoms with Crippen LogP contribution in [0.15, 0.2) is 40.4 Å². The molecule has 1 unspecified atom stereocenters. The Labute approximate surface area is 206 Å². The summed E-state index contributed by atoms with van der Waals surface area (Å²) in [5.74, 6) is -0.856. The molecule has 2 aromatic heterocycles. The Balaban J connectivity index is 1.46. The first-order valence-electron chi connectivity index (χ1n) is 10.8. The molecule has 1 aliphatic rings. The lowest BCUT2D eigenvalue weighted by atomic mass is 9.95. The van der Waals surface area contributed by atoms with Crippen molar-refractivity contribution in [2.45, 2.75) is 53.7 Å². The van der Waals surface area contributed by atoms with Crippen molar-refractivity contribution in [3.63, 3.8) is 0 Å². The number of hydrogen-bond acceptors (Lipinski definition) is 8. The molecule has 1 aromatic carbocycles. The lowest BCUT2D eigenvalue weighted by Crippen LogP contribution is -2.24.